The number of hydrogen-bond donors (Lipinski definition) is 2. The maximum atomic E-state index is 5.94. The van der Waals surface area contributed by atoms with Crippen LogP contribution in [0.25, 0.3) is 0 Å². The second kappa shape index (κ2) is 7.59. The van der Waals surface area contributed by atoms with E-state index in [1.807, 2.05) is 31.2 Å². The predicted molar refractivity (Wildman–Crippen MR) is 89.3 cm³/mol. The molecule has 0 saturated heterocycles. The molecule has 1 aromatic heterocycles. The molecule has 2 rings (SSSR count). The van der Waals surface area contributed by atoms with Gasteiger partial charge in [-0.3, -0.25) is 0 Å². The largest absolute Gasteiger partial charge is 0.377 e. The van der Waals surface area contributed by atoms with Crippen LogP contribution < -0.4 is 10.6 Å². The van der Waals surface area contributed by atoms with Gasteiger partial charge in [0.1, 0.15) is 18.2 Å². The molecule has 1 heterocycles. The van der Waals surface area contributed by atoms with Crippen molar-refractivity contribution in [3.05, 3.63) is 39.6 Å². The fourth-order valence-corrected chi connectivity index (χ4v) is 2.54. The van der Waals surface area contributed by atoms with Crippen LogP contribution in [0, 0.1) is 0 Å². The number of rotatable bonds is 6. The molecule has 0 aliphatic heterocycles. The minimum Gasteiger partial charge on any atom is -0.377 e. The van der Waals surface area contributed by atoms with Crippen molar-refractivity contribution in [1.82, 2.24) is 9.97 Å². The van der Waals surface area contributed by atoms with Crippen molar-refractivity contribution in [2.45, 2.75) is 13.5 Å². The number of halogens is 2. The van der Waals surface area contributed by atoms with Gasteiger partial charge >= 0.3 is 0 Å². The van der Waals surface area contributed by atoms with E-state index in [-0.39, 0.29) is 0 Å². The average Bonchev–Trinajstić information content (AvgIpc) is 2.42. The highest BCUT2D eigenvalue weighted by Crippen LogP contribution is 2.28. The average molecular weight is 372 g/mol. The van der Waals surface area contributed by atoms with Gasteiger partial charge in [-0.25, -0.2) is 9.97 Å². The second-order valence-electron chi connectivity index (χ2n) is 4.27. The molecular formula is C14H16BrClN4O. The summed E-state index contributed by atoms with van der Waals surface area (Å²) in [5.74, 6) is 2.06. The molecule has 0 radical (unpaired) electrons. The zero-order chi connectivity index (χ0) is 15.2. The zero-order valence-corrected chi connectivity index (χ0v) is 14.1. The lowest BCUT2D eigenvalue weighted by atomic mass is 10.3. The Hall–Kier alpha value is -1.37. The van der Waals surface area contributed by atoms with Gasteiger partial charge in [-0.2, -0.15) is 0 Å². The quantitative estimate of drug-likeness (QED) is 0.796. The van der Waals surface area contributed by atoms with Gasteiger partial charge in [0.05, 0.1) is 5.69 Å². The molecule has 0 amide bonds. The Morgan fingerprint density at radius 3 is 2.67 bits per heavy atom. The molecule has 0 aliphatic rings. The summed E-state index contributed by atoms with van der Waals surface area (Å²) in [5.41, 5.74) is 0.879. The van der Waals surface area contributed by atoms with Crippen molar-refractivity contribution < 1.29 is 4.74 Å². The van der Waals surface area contributed by atoms with Gasteiger partial charge in [-0.05, 0) is 41.1 Å². The van der Waals surface area contributed by atoms with E-state index in [9.17, 15) is 0 Å². The van der Waals surface area contributed by atoms with Crippen LogP contribution in [-0.4, -0.2) is 23.6 Å². The molecule has 0 fully saturated rings. The zero-order valence-electron chi connectivity index (χ0n) is 11.8. The number of nitrogens with zero attached hydrogens (tertiary/aromatic N) is 2. The minimum atomic E-state index is 0.357. The van der Waals surface area contributed by atoms with E-state index in [4.69, 9.17) is 16.3 Å². The molecule has 0 spiro atoms. The number of aromatic nitrogens is 2. The number of nitrogens with one attached hydrogen (secondary N) is 2. The Morgan fingerprint density at radius 1 is 1.24 bits per heavy atom. The maximum absolute atomic E-state index is 5.94. The fourth-order valence-electron chi connectivity index (χ4n) is 1.76. The van der Waals surface area contributed by atoms with Crippen LogP contribution in [-0.2, 0) is 11.3 Å². The molecule has 2 N–H and O–H groups in total. The van der Waals surface area contributed by atoms with Crippen LogP contribution in [0.3, 0.4) is 0 Å². The van der Waals surface area contributed by atoms with Crippen LogP contribution in [0.15, 0.2) is 28.7 Å². The standard InChI is InChI=1S/C14H16BrClN4O/c1-3-17-12-7-13(20-14(19-12)8-21-2)18-11-5-4-9(16)6-10(11)15/h4-7H,3,8H2,1-2H3,(H2,17,18,19,20). The SMILES string of the molecule is CCNc1cc(Nc2ccc(Cl)cc2Br)nc(COC)n1. The molecule has 5 nitrogen and oxygen atoms in total. The summed E-state index contributed by atoms with van der Waals surface area (Å²) in [6.45, 7) is 3.16. The summed E-state index contributed by atoms with van der Waals surface area (Å²) in [6, 6.07) is 7.38. The van der Waals surface area contributed by atoms with Crippen LogP contribution in [0.1, 0.15) is 12.7 Å². The Balaban J connectivity index is 2.29. The summed E-state index contributed by atoms with van der Waals surface area (Å²) >= 11 is 9.42. The molecule has 0 aliphatic carbocycles. The van der Waals surface area contributed by atoms with Gasteiger partial charge in [-0.1, -0.05) is 11.6 Å². The summed E-state index contributed by atoms with van der Waals surface area (Å²) in [6.07, 6.45) is 0. The third-order valence-electron chi connectivity index (χ3n) is 2.60. The molecule has 7 heteroatoms. The van der Waals surface area contributed by atoms with E-state index in [0.717, 1.165) is 22.5 Å². The van der Waals surface area contributed by atoms with E-state index in [1.165, 1.54) is 0 Å². The molecular weight excluding hydrogens is 356 g/mol. The van der Waals surface area contributed by atoms with Gasteiger partial charge < -0.3 is 15.4 Å². The Bertz CT molecular complexity index is 600. The summed E-state index contributed by atoms with van der Waals surface area (Å²) < 4.78 is 5.97. The molecule has 0 saturated carbocycles. The van der Waals surface area contributed by atoms with Gasteiger partial charge in [0.15, 0.2) is 5.82 Å². The van der Waals surface area contributed by atoms with E-state index in [1.54, 1.807) is 7.11 Å². The lowest BCUT2D eigenvalue weighted by molar-refractivity contribution is 0.178. The highest BCUT2D eigenvalue weighted by molar-refractivity contribution is 9.10. The number of anilines is 3. The summed E-state index contributed by atoms with van der Waals surface area (Å²) in [4.78, 5) is 8.79. The summed E-state index contributed by atoms with van der Waals surface area (Å²) in [7, 11) is 1.62. The van der Waals surface area contributed by atoms with Gasteiger partial charge in [0.2, 0.25) is 0 Å². The number of benzene rings is 1. The number of ether oxygens (including phenoxy) is 1. The van der Waals surface area contributed by atoms with Gasteiger partial charge in [0, 0.05) is 29.2 Å². The van der Waals surface area contributed by atoms with Crippen LogP contribution in [0.5, 0.6) is 0 Å². The third kappa shape index (κ3) is 4.56. The molecule has 0 unspecified atom stereocenters. The first-order chi connectivity index (χ1) is 10.1. The van der Waals surface area contributed by atoms with Crippen molar-refractivity contribution in [2.75, 3.05) is 24.3 Å². The van der Waals surface area contributed by atoms with Crippen molar-refractivity contribution >= 4 is 44.9 Å². The lowest BCUT2D eigenvalue weighted by Gasteiger charge is -2.11. The molecule has 0 atom stereocenters. The van der Waals surface area contributed by atoms with E-state index in [2.05, 4.69) is 36.5 Å². The Morgan fingerprint density at radius 2 is 2.00 bits per heavy atom. The van der Waals surface area contributed by atoms with Crippen LogP contribution in [0.4, 0.5) is 17.3 Å². The highest BCUT2D eigenvalue weighted by atomic mass is 79.9. The second-order valence-corrected chi connectivity index (χ2v) is 5.56. The molecule has 0 bridgehead atoms. The van der Waals surface area contributed by atoms with E-state index < -0.39 is 0 Å². The Kier molecular flexibility index (Phi) is 5.78. The lowest BCUT2D eigenvalue weighted by Crippen LogP contribution is -2.07. The number of hydrogen-bond acceptors (Lipinski definition) is 5. The number of methoxy groups -OCH3 is 1. The fraction of sp³-hybridized carbons (Fsp3) is 0.286. The monoisotopic (exact) mass is 370 g/mol. The Labute approximate surface area is 137 Å². The minimum absolute atomic E-state index is 0.357. The molecule has 1 aromatic carbocycles. The predicted octanol–water partition coefficient (Wildman–Crippen LogP) is 4.21. The first-order valence-corrected chi connectivity index (χ1v) is 7.62. The van der Waals surface area contributed by atoms with E-state index in [0.29, 0.717) is 23.3 Å². The topological polar surface area (TPSA) is 59.1 Å². The molecule has 21 heavy (non-hydrogen) atoms. The van der Waals surface area contributed by atoms with Gasteiger partial charge in [-0.15, -0.1) is 0 Å². The van der Waals surface area contributed by atoms with Crippen molar-refractivity contribution in [1.29, 1.82) is 0 Å². The van der Waals surface area contributed by atoms with Gasteiger partial charge in [0.25, 0.3) is 0 Å². The van der Waals surface area contributed by atoms with Crippen molar-refractivity contribution in [2.24, 2.45) is 0 Å². The maximum Gasteiger partial charge on any atom is 0.158 e. The van der Waals surface area contributed by atoms with Crippen LogP contribution in [0.2, 0.25) is 5.02 Å². The van der Waals surface area contributed by atoms with E-state index >= 15 is 0 Å². The summed E-state index contributed by atoms with van der Waals surface area (Å²) in [5, 5.41) is 7.09. The first kappa shape index (κ1) is 16.0. The van der Waals surface area contributed by atoms with Crippen molar-refractivity contribution in [3.63, 3.8) is 0 Å². The smallest absolute Gasteiger partial charge is 0.158 e. The van der Waals surface area contributed by atoms with Crippen LogP contribution >= 0.6 is 27.5 Å². The van der Waals surface area contributed by atoms with Crippen molar-refractivity contribution in [3.8, 4) is 0 Å². The highest BCUT2D eigenvalue weighted by Gasteiger charge is 2.07. The molecule has 112 valence electrons. The third-order valence-corrected chi connectivity index (χ3v) is 3.49. The first-order valence-electron chi connectivity index (χ1n) is 6.45. The molecule has 2 aromatic rings. The normalized spacial score (nSPS) is 10.5.